The van der Waals surface area contributed by atoms with Gasteiger partial charge in [-0.2, -0.15) is 4.98 Å². The smallest absolute Gasteiger partial charge is 0.260 e. The Hall–Kier alpha value is -2.97. The van der Waals surface area contributed by atoms with Gasteiger partial charge in [0.05, 0.1) is 5.69 Å². The number of hydrogen-bond donors (Lipinski definition) is 1. The molecule has 1 N–H and O–H groups in total. The predicted molar refractivity (Wildman–Crippen MR) is 141 cm³/mol. The van der Waals surface area contributed by atoms with E-state index in [2.05, 4.69) is 56.8 Å². The van der Waals surface area contributed by atoms with Gasteiger partial charge in [0.15, 0.2) is 0 Å². The van der Waals surface area contributed by atoms with Crippen molar-refractivity contribution < 1.29 is 14.6 Å². The van der Waals surface area contributed by atoms with E-state index in [9.17, 15) is 5.11 Å². The van der Waals surface area contributed by atoms with Gasteiger partial charge in [0, 0.05) is 16.1 Å². The first-order chi connectivity index (χ1) is 16.7. The fourth-order valence-corrected chi connectivity index (χ4v) is 4.04. The number of rotatable bonds is 11. The lowest BCUT2D eigenvalue weighted by Crippen LogP contribution is -2.09. The molecule has 4 rings (SSSR count). The molecule has 5 nitrogen and oxygen atoms in total. The second-order valence-electron chi connectivity index (χ2n) is 7.97. The Kier molecular flexibility index (Phi) is 8.87. The fourth-order valence-electron chi connectivity index (χ4n) is 3.68. The van der Waals surface area contributed by atoms with Gasteiger partial charge in [-0.1, -0.05) is 72.8 Å². The molecule has 1 aromatic heterocycles. The zero-order valence-corrected chi connectivity index (χ0v) is 21.0. The molecule has 0 spiro atoms. The first-order valence-electron chi connectivity index (χ1n) is 11.3. The van der Waals surface area contributed by atoms with Crippen LogP contribution in [0.15, 0.2) is 91.3 Å². The number of aromatic nitrogens is 2. The number of nitrogens with zero attached hydrogens (tertiary/aromatic N) is 2. The standard InChI is InChI=1S/C28H27IN2O3/c29-25-14-11-23(12-15-25)24(17-32)13-16-26-27(33-18-21-7-3-1-4-8-21)28(31-20-30-26)34-19-22-9-5-2-6-10-22/h1-12,14-15,20,24,32H,13,16-19H2/t24-/m1/s1. The van der Waals surface area contributed by atoms with Gasteiger partial charge >= 0.3 is 0 Å². The van der Waals surface area contributed by atoms with E-state index in [1.54, 1.807) is 0 Å². The number of aliphatic hydroxyl groups is 1. The van der Waals surface area contributed by atoms with Crippen molar-refractivity contribution in [3.8, 4) is 11.6 Å². The van der Waals surface area contributed by atoms with Crippen molar-refractivity contribution in [3.63, 3.8) is 0 Å². The molecule has 0 fully saturated rings. The van der Waals surface area contributed by atoms with Gasteiger partial charge < -0.3 is 14.6 Å². The van der Waals surface area contributed by atoms with Crippen molar-refractivity contribution in [1.29, 1.82) is 0 Å². The van der Waals surface area contributed by atoms with Crippen LogP contribution < -0.4 is 9.47 Å². The maximum absolute atomic E-state index is 10.0. The number of aliphatic hydroxyl groups excluding tert-OH is 1. The summed E-state index contributed by atoms with van der Waals surface area (Å²) >= 11 is 2.29. The zero-order valence-electron chi connectivity index (χ0n) is 18.8. The molecule has 6 heteroatoms. The Labute approximate surface area is 214 Å². The number of aryl methyl sites for hydroxylation is 1. The monoisotopic (exact) mass is 566 g/mol. The summed E-state index contributed by atoms with van der Waals surface area (Å²) in [6.45, 7) is 0.855. The number of ether oxygens (including phenoxy) is 2. The maximum atomic E-state index is 10.0. The number of hydrogen-bond acceptors (Lipinski definition) is 5. The summed E-state index contributed by atoms with van der Waals surface area (Å²) < 4.78 is 13.4. The quantitative estimate of drug-likeness (QED) is 0.228. The van der Waals surface area contributed by atoms with Gasteiger partial charge in [-0.15, -0.1) is 0 Å². The molecule has 1 heterocycles. The van der Waals surface area contributed by atoms with Gasteiger partial charge in [-0.3, -0.25) is 0 Å². The van der Waals surface area contributed by atoms with E-state index in [-0.39, 0.29) is 12.5 Å². The Morgan fingerprint density at radius 2 is 1.38 bits per heavy atom. The minimum absolute atomic E-state index is 0.0163. The van der Waals surface area contributed by atoms with Crippen molar-refractivity contribution in [2.45, 2.75) is 32.0 Å². The van der Waals surface area contributed by atoms with Crippen LogP contribution >= 0.6 is 22.6 Å². The Morgan fingerprint density at radius 3 is 2.00 bits per heavy atom. The Morgan fingerprint density at radius 1 is 0.765 bits per heavy atom. The highest BCUT2D eigenvalue weighted by molar-refractivity contribution is 14.1. The first kappa shape index (κ1) is 24.2. The molecule has 1 atom stereocenters. The molecule has 0 aliphatic rings. The molecule has 0 aliphatic heterocycles. The third kappa shape index (κ3) is 6.77. The van der Waals surface area contributed by atoms with Crippen LogP contribution in [0, 0.1) is 3.57 Å². The van der Waals surface area contributed by atoms with Crippen molar-refractivity contribution in [2.24, 2.45) is 0 Å². The molecule has 34 heavy (non-hydrogen) atoms. The third-order valence-electron chi connectivity index (χ3n) is 5.58. The van der Waals surface area contributed by atoms with Crippen LogP contribution in [0.25, 0.3) is 0 Å². The van der Waals surface area contributed by atoms with Crippen LogP contribution in [0.5, 0.6) is 11.6 Å². The largest absolute Gasteiger partial charge is 0.482 e. The highest BCUT2D eigenvalue weighted by Crippen LogP contribution is 2.32. The molecule has 4 aromatic rings. The summed E-state index contributed by atoms with van der Waals surface area (Å²) in [6, 6.07) is 28.2. The van der Waals surface area contributed by atoms with Crippen molar-refractivity contribution >= 4 is 22.6 Å². The van der Waals surface area contributed by atoms with Gasteiger partial charge in [-0.05, 0) is 64.3 Å². The Bertz CT molecular complexity index is 1160. The second-order valence-corrected chi connectivity index (χ2v) is 9.22. The van der Waals surface area contributed by atoms with E-state index in [4.69, 9.17) is 9.47 Å². The summed E-state index contributed by atoms with van der Waals surface area (Å²) in [5, 5.41) is 10.0. The van der Waals surface area contributed by atoms with E-state index in [0.29, 0.717) is 31.3 Å². The van der Waals surface area contributed by atoms with Crippen LogP contribution in [0.1, 0.15) is 34.7 Å². The van der Waals surface area contributed by atoms with Crippen molar-refractivity contribution in [2.75, 3.05) is 6.61 Å². The van der Waals surface area contributed by atoms with E-state index < -0.39 is 0 Å². The topological polar surface area (TPSA) is 64.5 Å². The van der Waals surface area contributed by atoms with Gasteiger partial charge in [0.1, 0.15) is 19.5 Å². The summed E-state index contributed by atoms with van der Waals surface area (Å²) in [4.78, 5) is 8.89. The van der Waals surface area contributed by atoms with Crippen molar-refractivity contribution in [1.82, 2.24) is 9.97 Å². The first-order valence-corrected chi connectivity index (χ1v) is 12.3. The molecular formula is C28H27IN2O3. The van der Waals surface area contributed by atoms with Crippen LogP contribution in [0.3, 0.4) is 0 Å². The van der Waals surface area contributed by atoms with Crippen molar-refractivity contribution in [3.05, 3.63) is 117 Å². The number of halogens is 1. The molecule has 0 aliphatic carbocycles. The summed E-state index contributed by atoms with van der Waals surface area (Å²) in [6.07, 6.45) is 2.88. The Balaban J connectivity index is 1.53. The predicted octanol–water partition coefficient (Wildman–Crippen LogP) is 5.95. The van der Waals surface area contributed by atoms with Gasteiger partial charge in [0.25, 0.3) is 5.88 Å². The lowest BCUT2D eigenvalue weighted by atomic mass is 9.94. The SMILES string of the molecule is OC[C@@H](CCc1ncnc(OCc2ccccc2)c1OCc1ccccc1)c1ccc(I)cc1. The molecule has 0 saturated carbocycles. The van der Waals surface area contributed by atoms with E-state index in [1.165, 1.54) is 9.90 Å². The molecule has 0 radical (unpaired) electrons. The van der Waals surface area contributed by atoms with E-state index in [1.807, 2.05) is 60.7 Å². The highest BCUT2D eigenvalue weighted by atomic mass is 127. The van der Waals surface area contributed by atoms with Gasteiger partial charge in [0.2, 0.25) is 5.75 Å². The lowest BCUT2D eigenvalue weighted by Gasteiger charge is -2.18. The third-order valence-corrected chi connectivity index (χ3v) is 6.30. The summed E-state index contributed by atoms with van der Waals surface area (Å²) in [5.41, 5.74) is 4.00. The molecule has 3 aromatic carbocycles. The summed E-state index contributed by atoms with van der Waals surface area (Å²) in [7, 11) is 0. The zero-order chi connectivity index (χ0) is 23.6. The average Bonchev–Trinajstić information content (AvgIpc) is 2.89. The molecule has 0 amide bonds. The highest BCUT2D eigenvalue weighted by Gasteiger charge is 2.18. The van der Waals surface area contributed by atoms with E-state index >= 15 is 0 Å². The van der Waals surface area contributed by atoms with Crippen LogP contribution in [-0.4, -0.2) is 21.7 Å². The molecule has 0 bridgehead atoms. The lowest BCUT2D eigenvalue weighted by molar-refractivity contribution is 0.240. The minimum Gasteiger partial charge on any atom is -0.482 e. The van der Waals surface area contributed by atoms with Gasteiger partial charge in [-0.25, -0.2) is 4.98 Å². The van der Waals surface area contributed by atoms with Crippen LogP contribution in [-0.2, 0) is 19.6 Å². The van der Waals surface area contributed by atoms with Crippen LogP contribution in [0.2, 0.25) is 0 Å². The van der Waals surface area contributed by atoms with Crippen LogP contribution in [0.4, 0.5) is 0 Å². The van der Waals surface area contributed by atoms with E-state index in [0.717, 1.165) is 28.8 Å². The molecule has 174 valence electrons. The minimum atomic E-state index is 0.0163. The molecule has 0 unspecified atom stereocenters. The average molecular weight is 566 g/mol. The maximum Gasteiger partial charge on any atom is 0.260 e. The number of benzene rings is 3. The molecule has 0 saturated heterocycles. The normalized spacial score (nSPS) is 11.7. The second kappa shape index (κ2) is 12.5. The fraction of sp³-hybridized carbons (Fsp3) is 0.214. The summed E-state index contributed by atoms with van der Waals surface area (Å²) in [5.74, 6) is 1.00. The molecular weight excluding hydrogens is 539 g/mol.